The Morgan fingerprint density at radius 1 is 1.10 bits per heavy atom. The maximum absolute atomic E-state index is 13.4. The van der Waals surface area contributed by atoms with E-state index in [-0.39, 0.29) is 18.0 Å². The van der Waals surface area contributed by atoms with Crippen molar-refractivity contribution < 1.29 is 9.18 Å². The molecule has 2 N–H and O–H groups in total. The van der Waals surface area contributed by atoms with Crippen LogP contribution in [0.5, 0.6) is 0 Å². The second-order valence-corrected chi connectivity index (χ2v) is 5.00. The number of aryl methyl sites for hydroxylation is 2. The zero-order valence-corrected chi connectivity index (χ0v) is 12.2. The van der Waals surface area contributed by atoms with E-state index < -0.39 is 5.82 Å². The van der Waals surface area contributed by atoms with Crippen LogP contribution in [-0.4, -0.2) is 12.5 Å². The standard InChI is InChI=1S/C17H19FN2O/c1-12-7-8-14(11-13(12)2)19-10-9-17(21)20-16-6-4-3-5-15(16)18/h3-8,11,19H,9-10H2,1-2H3,(H,20,21). The molecule has 0 radical (unpaired) electrons. The van der Waals surface area contributed by atoms with Crippen LogP contribution in [-0.2, 0) is 4.79 Å². The highest BCUT2D eigenvalue weighted by Gasteiger charge is 2.06. The molecule has 0 aliphatic heterocycles. The first-order chi connectivity index (χ1) is 10.1. The quantitative estimate of drug-likeness (QED) is 0.875. The first kappa shape index (κ1) is 15.0. The molecule has 0 unspecified atom stereocenters. The van der Waals surface area contributed by atoms with Gasteiger partial charge in [-0.25, -0.2) is 4.39 Å². The molecular weight excluding hydrogens is 267 g/mol. The Labute approximate surface area is 124 Å². The maximum Gasteiger partial charge on any atom is 0.226 e. The number of benzene rings is 2. The fourth-order valence-electron chi connectivity index (χ4n) is 1.95. The minimum absolute atomic E-state index is 0.212. The van der Waals surface area contributed by atoms with Crippen LogP contribution in [0.25, 0.3) is 0 Å². The van der Waals surface area contributed by atoms with Crippen LogP contribution in [0.1, 0.15) is 17.5 Å². The minimum Gasteiger partial charge on any atom is -0.385 e. The van der Waals surface area contributed by atoms with Gasteiger partial charge in [-0.15, -0.1) is 0 Å². The minimum atomic E-state index is -0.423. The average molecular weight is 286 g/mol. The molecule has 21 heavy (non-hydrogen) atoms. The molecule has 0 fully saturated rings. The second kappa shape index (κ2) is 6.88. The summed E-state index contributed by atoms with van der Waals surface area (Å²) in [6.07, 6.45) is 0.279. The van der Waals surface area contributed by atoms with Gasteiger partial charge in [0, 0.05) is 18.7 Å². The van der Waals surface area contributed by atoms with Crippen molar-refractivity contribution in [3.63, 3.8) is 0 Å². The summed E-state index contributed by atoms with van der Waals surface area (Å²) in [5.41, 5.74) is 3.64. The average Bonchev–Trinajstić information content (AvgIpc) is 2.45. The van der Waals surface area contributed by atoms with E-state index in [1.165, 1.54) is 17.2 Å². The summed E-state index contributed by atoms with van der Waals surface area (Å²) in [7, 11) is 0. The van der Waals surface area contributed by atoms with Gasteiger partial charge in [-0.2, -0.15) is 0 Å². The molecule has 0 heterocycles. The van der Waals surface area contributed by atoms with Gasteiger partial charge < -0.3 is 10.6 Å². The molecule has 0 saturated heterocycles. The third kappa shape index (κ3) is 4.31. The molecule has 2 rings (SSSR count). The number of amides is 1. The second-order valence-electron chi connectivity index (χ2n) is 5.00. The first-order valence-electron chi connectivity index (χ1n) is 6.92. The van der Waals surface area contributed by atoms with Crippen molar-refractivity contribution in [2.24, 2.45) is 0 Å². The molecule has 2 aromatic rings. The summed E-state index contributed by atoms with van der Waals surface area (Å²) >= 11 is 0. The van der Waals surface area contributed by atoms with Crippen molar-refractivity contribution in [2.45, 2.75) is 20.3 Å². The van der Waals surface area contributed by atoms with E-state index in [0.29, 0.717) is 6.54 Å². The largest absolute Gasteiger partial charge is 0.385 e. The summed E-state index contributed by atoms with van der Waals surface area (Å²) in [4.78, 5) is 11.8. The van der Waals surface area contributed by atoms with Gasteiger partial charge in [0.05, 0.1) is 5.69 Å². The van der Waals surface area contributed by atoms with Crippen LogP contribution < -0.4 is 10.6 Å². The van der Waals surface area contributed by atoms with Crippen LogP contribution in [0.4, 0.5) is 15.8 Å². The van der Waals surface area contributed by atoms with Crippen molar-refractivity contribution in [1.29, 1.82) is 0 Å². The van der Waals surface area contributed by atoms with Gasteiger partial charge in [0.15, 0.2) is 0 Å². The van der Waals surface area contributed by atoms with Gasteiger partial charge in [0.25, 0.3) is 0 Å². The molecule has 0 saturated carbocycles. The van der Waals surface area contributed by atoms with Crippen LogP contribution in [0.3, 0.4) is 0 Å². The van der Waals surface area contributed by atoms with Crippen LogP contribution in [0, 0.1) is 19.7 Å². The van der Waals surface area contributed by atoms with E-state index in [0.717, 1.165) is 5.69 Å². The number of carbonyl (C=O) groups is 1. The van der Waals surface area contributed by atoms with E-state index >= 15 is 0 Å². The molecule has 1 amide bonds. The number of rotatable bonds is 5. The van der Waals surface area contributed by atoms with Crippen LogP contribution in [0.15, 0.2) is 42.5 Å². The van der Waals surface area contributed by atoms with Gasteiger partial charge in [-0.1, -0.05) is 18.2 Å². The predicted molar refractivity (Wildman–Crippen MR) is 84.1 cm³/mol. The first-order valence-corrected chi connectivity index (χ1v) is 6.92. The molecule has 2 aromatic carbocycles. The zero-order valence-electron chi connectivity index (χ0n) is 12.2. The topological polar surface area (TPSA) is 41.1 Å². The van der Waals surface area contributed by atoms with E-state index in [1.54, 1.807) is 18.2 Å². The highest BCUT2D eigenvalue weighted by Crippen LogP contribution is 2.15. The monoisotopic (exact) mass is 286 g/mol. The molecule has 0 aromatic heterocycles. The third-order valence-electron chi connectivity index (χ3n) is 3.34. The number of nitrogens with one attached hydrogen (secondary N) is 2. The van der Waals surface area contributed by atoms with E-state index in [2.05, 4.69) is 17.6 Å². The van der Waals surface area contributed by atoms with E-state index in [4.69, 9.17) is 0 Å². The van der Waals surface area contributed by atoms with Crippen LogP contribution >= 0.6 is 0 Å². The number of anilines is 2. The van der Waals surface area contributed by atoms with Gasteiger partial charge in [0.2, 0.25) is 5.91 Å². The normalized spacial score (nSPS) is 10.2. The summed E-state index contributed by atoms with van der Waals surface area (Å²) in [6, 6.07) is 12.2. The number of carbonyl (C=O) groups excluding carboxylic acids is 1. The molecule has 0 bridgehead atoms. The Morgan fingerprint density at radius 3 is 2.57 bits per heavy atom. The van der Waals surface area contributed by atoms with Gasteiger partial charge in [-0.3, -0.25) is 4.79 Å². The van der Waals surface area contributed by atoms with Crippen molar-refractivity contribution >= 4 is 17.3 Å². The van der Waals surface area contributed by atoms with Crippen molar-refractivity contribution in [3.05, 3.63) is 59.4 Å². The predicted octanol–water partition coefficient (Wildman–Crippen LogP) is 3.88. The van der Waals surface area contributed by atoms with Crippen molar-refractivity contribution in [1.82, 2.24) is 0 Å². The zero-order chi connectivity index (χ0) is 15.2. The fourth-order valence-corrected chi connectivity index (χ4v) is 1.95. The van der Waals surface area contributed by atoms with Crippen molar-refractivity contribution in [3.8, 4) is 0 Å². The molecule has 4 heteroatoms. The summed E-state index contributed by atoms with van der Waals surface area (Å²) < 4.78 is 13.4. The Bertz CT molecular complexity index is 640. The maximum atomic E-state index is 13.4. The Balaban J connectivity index is 1.82. The Kier molecular flexibility index (Phi) is 4.93. The van der Waals surface area contributed by atoms with Crippen molar-refractivity contribution in [2.75, 3.05) is 17.2 Å². The Hall–Kier alpha value is -2.36. The lowest BCUT2D eigenvalue weighted by molar-refractivity contribution is -0.116. The smallest absolute Gasteiger partial charge is 0.226 e. The molecule has 0 atom stereocenters. The van der Waals surface area contributed by atoms with Gasteiger partial charge >= 0.3 is 0 Å². The number of para-hydroxylation sites is 1. The SMILES string of the molecule is Cc1ccc(NCCC(=O)Nc2ccccc2F)cc1C. The molecule has 3 nitrogen and oxygen atoms in total. The molecule has 0 aliphatic carbocycles. The summed E-state index contributed by atoms with van der Waals surface area (Å²) in [6.45, 7) is 4.61. The molecule has 0 spiro atoms. The molecule has 110 valence electrons. The number of hydrogen-bond donors (Lipinski definition) is 2. The third-order valence-corrected chi connectivity index (χ3v) is 3.34. The van der Waals surface area contributed by atoms with E-state index in [9.17, 15) is 9.18 Å². The van der Waals surface area contributed by atoms with Crippen LogP contribution in [0.2, 0.25) is 0 Å². The van der Waals surface area contributed by atoms with E-state index in [1.807, 2.05) is 25.1 Å². The Morgan fingerprint density at radius 2 is 1.86 bits per heavy atom. The van der Waals surface area contributed by atoms with Gasteiger partial charge in [0.1, 0.15) is 5.82 Å². The van der Waals surface area contributed by atoms with Gasteiger partial charge in [-0.05, 0) is 49.2 Å². The lowest BCUT2D eigenvalue weighted by Gasteiger charge is -2.09. The molecular formula is C17H19FN2O. The lowest BCUT2D eigenvalue weighted by atomic mass is 10.1. The highest BCUT2D eigenvalue weighted by atomic mass is 19.1. The number of hydrogen-bond acceptors (Lipinski definition) is 2. The summed E-state index contributed by atoms with van der Waals surface area (Å²) in [5.74, 6) is -0.635. The lowest BCUT2D eigenvalue weighted by Crippen LogP contribution is -2.17. The molecule has 0 aliphatic rings. The highest BCUT2D eigenvalue weighted by molar-refractivity contribution is 5.91. The summed E-state index contributed by atoms with van der Waals surface area (Å²) in [5, 5.41) is 5.75. The fraction of sp³-hybridized carbons (Fsp3) is 0.235. The number of halogens is 1.